The summed E-state index contributed by atoms with van der Waals surface area (Å²) in [5, 5.41) is 10.1. The Balaban J connectivity index is 1.74. The zero-order valence-electron chi connectivity index (χ0n) is 11.3. The van der Waals surface area contributed by atoms with Gasteiger partial charge in [0, 0.05) is 18.5 Å². The van der Waals surface area contributed by atoms with Gasteiger partial charge in [0.25, 0.3) is 6.01 Å². The summed E-state index contributed by atoms with van der Waals surface area (Å²) < 4.78 is 5.91. The molecule has 2 aromatic rings. The Morgan fingerprint density at radius 2 is 2.16 bits per heavy atom. The summed E-state index contributed by atoms with van der Waals surface area (Å²) >= 11 is 0. The van der Waals surface area contributed by atoms with Gasteiger partial charge in [0.05, 0.1) is 6.10 Å². The van der Waals surface area contributed by atoms with Crippen LogP contribution in [0, 0.1) is 19.3 Å². The molecule has 1 aromatic carbocycles. The topological polar surface area (TPSA) is 49.5 Å². The van der Waals surface area contributed by atoms with Gasteiger partial charge in [-0.1, -0.05) is 6.07 Å². The van der Waals surface area contributed by atoms with Crippen molar-refractivity contribution in [2.45, 2.75) is 32.8 Å². The number of rotatable bonds is 1. The molecule has 2 aliphatic rings. The molecule has 1 aromatic heterocycles. The van der Waals surface area contributed by atoms with Crippen molar-refractivity contribution in [2.75, 3.05) is 18.0 Å². The minimum absolute atomic E-state index is 0.131. The van der Waals surface area contributed by atoms with Crippen LogP contribution in [0.4, 0.5) is 6.01 Å². The minimum atomic E-state index is -0.231. The molecule has 1 aliphatic heterocycles. The van der Waals surface area contributed by atoms with E-state index >= 15 is 0 Å². The molecule has 4 heteroatoms. The lowest BCUT2D eigenvalue weighted by Crippen LogP contribution is -2.21. The van der Waals surface area contributed by atoms with Crippen LogP contribution < -0.4 is 4.90 Å². The second-order valence-corrected chi connectivity index (χ2v) is 6.19. The SMILES string of the molecule is Cc1cc(C)c2oc(N3C[C@H](O)C4(CC4)C3)nc2c1. The van der Waals surface area contributed by atoms with E-state index in [1.165, 1.54) is 5.56 Å². The van der Waals surface area contributed by atoms with Crippen LogP contribution in [0.15, 0.2) is 16.5 Å². The Labute approximate surface area is 112 Å². The number of aliphatic hydroxyl groups excluding tert-OH is 1. The fourth-order valence-electron chi connectivity index (χ4n) is 3.25. The van der Waals surface area contributed by atoms with Crippen molar-refractivity contribution in [2.24, 2.45) is 5.41 Å². The number of anilines is 1. The predicted octanol–water partition coefficient (Wildman–Crippen LogP) is 2.41. The third-order valence-electron chi connectivity index (χ3n) is 4.58. The summed E-state index contributed by atoms with van der Waals surface area (Å²) in [5.41, 5.74) is 4.23. The van der Waals surface area contributed by atoms with Crippen molar-refractivity contribution in [1.82, 2.24) is 4.98 Å². The van der Waals surface area contributed by atoms with Gasteiger partial charge in [0.15, 0.2) is 5.58 Å². The highest BCUT2D eigenvalue weighted by Gasteiger charge is 2.55. The molecule has 1 saturated heterocycles. The molecule has 0 radical (unpaired) electrons. The molecule has 1 saturated carbocycles. The molecule has 1 spiro atoms. The number of β-amino-alcohol motifs (C(OH)–C–C–N with tert-alkyl or cyclic N) is 1. The van der Waals surface area contributed by atoms with Gasteiger partial charge < -0.3 is 14.4 Å². The number of fused-ring (bicyclic) bond motifs is 1. The largest absolute Gasteiger partial charge is 0.423 e. The molecule has 4 nitrogen and oxygen atoms in total. The van der Waals surface area contributed by atoms with Crippen molar-refractivity contribution >= 4 is 17.1 Å². The highest BCUT2D eigenvalue weighted by atomic mass is 16.4. The molecule has 0 amide bonds. The van der Waals surface area contributed by atoms with Crippen molar-refractivity contribution in [3.8, 4) is 0 Å². The van der Waals surface area contributed by atoms with E-state index < -0.39 is 0 Å². The summed E-state index contributed by atoms with van der Waals surface area (Å²) in [6.45, 7) is 5.63. The van der Waals surface area contributed by atoms with Gasteiger partial charge >= 0.3 is 0 Å². The number of aryl methyl sites for hydroxylation is 2. The van der Waals surface area contributed by atoms with Crippen molar-refractivity contribution in [1.29, 1.82) is 0 Å². The molecule has 0 unspecified atom stereocenters. The first-order valence-electron chi connectivity index (χ1n) is 6.88. The summed E-state index contributed by atoms with van der Waals surface area (Å²) in [6.07, 6.45) is 2.02. The van der Waals surface area contributed by atoms with E-state index in [1.54, 1.807) is 0 Å². The molecule has 4 rings (SSSR count). The lowest BCUT2D eigenvalue weighted by Gasteiger charge is -2.11. The minimum Gasteiger partial charge on any atom is -0.423 e. The Morgan fingerprint density at radius 1 is 1.37 bits per heavy atom. The van der Waals surface area contributed by atoms with Crippen LogP contribution in [0.2, 0.25) is 0 Å². The zero-order valence-corrected chi connectivity index (χ0v) is 11.3. The predicted molar refractivity (Wildman–Crippen MR) is 73.4 cm³/mol. The lowest BCUT2D eigenvalue weighted by molar-refractivity contribution is 0.136. The summed E-state index contributed by atoms with van der Waals surface area (Å²) in [6, 6.07) is 4.82. The van der Waals surface area contributed by atoms with E-state index in [0.717, 1.165) is 36.0 Å². The molecule has 1 N–H and O–H groups in total. The summed E-state index contributed by atoms with van der Waals surface area (Å²) in [5.74, 6) is 0. The van der Waals surface area contributed by atoms with Gasteiger partial charge in [-0.3, -0.25) is 0 Å². The maximum absolute atomic E-state index is 10.1. The standard InChI is InChI=1S/C15H18N2O2/c1-9-5-10(2)13-11(6-9)16-14(19-13)17-7-12(18)15(8-17)3-4-15/h5-6,12,18H,3-4,7-8H2,1-2H3/t12-/m0/s1. The first-order chi connectivity index (χ1) is 9.07. The molecule has 19 heavy (non-hydrogen) atoms. The van der Waals surface area contributed by atoms with Gasteiger partial charge in [0.1, 0.15) is 5.52 Å². The van der Waals surface area contributed by atoms with Crippen LogP contribution >= 0.6 is 0 Å². The molecule has 2 fully saturated rings. The molecule has 100 valence electrons. The maximum atomic E-state index is 10.1. The average molecular weight is 258 g/mol. The van der Waals surface area contributed by atoms with E-state index in [9.17, 15) is 5.11 Å². The monoisotopic (exact) mass is 258 g/mol. The van der Waals surface area contributed by atoms with Crippen molar-refractivity contribution < 1.29 is 9.52 Å². The lowest BCUT2D eigenvalue weighted by atomic mass is 10.0. The summed E-state index contributed by atoms with van der Waals surface area (Å²) in [4.78, 5) is 6.68. The Bertz CT molecular complexity index is 657. The Hall–Kier alpha value is -1.55. The number of hydrogen-bond acceptors (Lipinski definition) is 4. The highest BCUT2D eigenvalue weighted by Crippen LogP contribution is 2.53. The Morgan fingerprint density at radius 3 is 2.84 bits per heavy atom. The van der Waals surface area contributed by atoms with E-state index in [0.29, 0.717) is 12.6 Å². The number of benzene rings is 1. The zero-order chi connectivity index (χ0) is 13.2. The van der Waals surface area contributed by atoms with Crippen LogP contribution in [0.25, 0.3) is 11.1 Å². The fourth-order valence-corrected chi connectivity index (χ4v) is 3.25. The van der Waals surface area contributed by atoms with E-state index in [4.69, 9.17) is 4.42 Å². The van der Waals surface area contributed by atoms with E-state index in [1.807, 2.05) is 6.92 Å². The number of aromatic nitrogens is 1. The average Bonchev–Trinajstić information content (AvgIpc) is 2.87. The van der Waals surface area contributed by atoms with Gasteiger partial charge in [-0.25, -0.2) is 0 Å². The van der Waals surface area contributed by atoms with Crippen LogP contribution in [0.3, 0.4) is 0 Å². The first-order valence-corrected chi connectivity index (χ1v) is 6.88. The van der Waals surface area contributed by atoms with Gasteiger partial charge in [-0.2, -0.15) is 4.98 Å². The number of oxazole rings is 1. The van der Waals surface area contributed by atoms with E-state index in [-0.39, 0.29) is 11.5 Å². The number of hydrogen-bond donors (Lipinski definition) is 1. The smallest absolute Gasteiger partial charge is 0.298 e. The van der Waals surface area contributed by atoms with E-state index in [2.05, 4.69) is 28.9 Å². The van der Waals surface area contributed by atoms with Crippen LogP contribution in [-0.4, -0.2) is 29.3 Å². The van der Waals surface area contributed by atoms with Gasteiger partial charge in [-0.15, -0.1) is 0 Å². The molecule has 2 heterocycles. The fraction of sp³-hybridized carbons (Fsp3) is 0.533. The summed E-state index contributed by atoms with van der Waals surface area (Å²) in [7, 11) is 0. The maximum Gasteiger partial charge on any atom is 0.298 e. The van der Waals surface area contributed by atoms with Crippen molar-refractivity contribution in [3.63, 3.8) is 0 Å². The number of aliphatic hydroxyl groups is 1. The van der Waals surface area contributed by atoms with Crippen LogP contribution in [-0.2, 0) is 0 Å². The quantitative estimate of drug-likeness (QED) is 0.853. The molecular weight excluding hydrogens is 240 g/mol. The highest BCUT2D eigenvalue weighted by molar-refractivity contribution is 5.79. The molecule has 1 atom stereocenters. The van der Waals surface area contributed by atoms with Crippen LogP contribution in [0.5, 0.6) is 0 Å². The number of nitrogens with zero attached hydrogens (tertiary/aromatic N) is 2. The third kappa shape index (κ3) is 1.59. The third-order valence-corrected chi connectivity index (χ3v) is 4.58. The molecule has 0 bridgehead atoms. The van der Waals surface area contributed by atoms with Crippen LogP contribution in [0.1, 0.15) is 24.0 Å². The Kier molecular flexibility index (Phi) is 2.09. The normalized spacial score (nSPS) is 24.6. The van der Waals surface area contributed by atoms with Gasteiger partial charge in [0.2, 0.25) is 0 Å². The second kappa shape index (κ2) is 3.51. The second-order valence-electron chi connectivity index (χ2n) is 6.19. The first kappa shape index (κ1) is 11.3. The molecular formula is C15H18N2O2. The molecule has 1 aliphatic carbocycles. The van der Waals surface area contributed by atoms with Crippen molar-refractivity contribution in [3.05, 3.63) is 23.3 Å². The van der Waals surface area contributed by atoms with Gasteiger partial charge in [-0.05, 0) is 43.9 Å².